The van der Waals surface area contributed by atoms with Gasteiger partial charge in [0.25, 0.3) is 5.91 Å². The first-order valence-electron chi connectivity index (χ1n) is 7.35. The lowest BCUT2D eigenvalue weighted by molar-refractivity contribution is -0.384. The van der Waals surface area contributed by atoms with Crippen LogP contribution in [0, 0.1) is 16.0 Å². The number of nitrogens with one attached hydrogen (secondary N) is 2. The maximum Gasteiger partial charge on any atom is 0.305 e. The van der Waals surface area contributed by atoms with E-state index in [4.69, 9.17) is 0 Å². The summed E-state index contributed by atoms with van der Waals surface area (Å²) in [4.78, 5) is 23.1. The Kier molecular flexibility index (Phi) is 4.77. The van der Waals surface area contributed by atoms with Gasteiger partial charge in [-0.3, -0.25) is 14.9 Å². The number of nitrogens with zero attached hydrogens (tertiary/aromatic N) is 1. The molecule has 2 N–H and O–H groups in total. The molecule has 1 aromatic rings. The average Bonchev–Trinajstić information content (AvgIpc) is 2.84. The molecule has 0 radical (unpaired) electrons. The minimum Gasteiger partial charge on any atom is -0.380 e. The van der Waals surface area contributed by atoms with Crippen LogP contribution < -0.4 is 10.6 Å². The number of benzene rings is 1. The highest BCUT2D eigenvalue weighted by molar-refractivity contribution is 6.00. The van der Waals surface area contributed by atoms with Crippen LogP contribution in [0.5, 0.6) is 0 Å². The molecular formula is C15H21N3O3. The predicted molar refractivity (Wildman–Crippen MR) is 81.5 cm³/mol. The average molecular weight is 291 g/mol. The highest BCUT2D eigenvalue weighted by Gasteiger charge is 2.28. The normalized spacial score (nSPS) is 21.0. The van der Waals surface area contributed by atoms with Crippen LogP contribution in [0.3, 0.4) is 0 Å². The quantitative estimate of drug-likeness (QED) is 0.645. The highest BCUT2D eigenvalue weighted by Crippen LogP contribution is 2.30. The van der Waals surface area contributed by atoms with E-state index in [1.807, 2.05) is 6.92 Å². The molecule has 1 aliphatic rings. The molecule has 2 unspecified atom stereocenters. The zero-order chi connectivity index (χ0) is 15.4. The van der Waals surface area contributed by atoms with Gasteiger partial charge in [0.15, 0.2) is 0 Å². The molecule has 0 aliphatic heterocycles. The number of anilines is 1. The number of carbonyl (C=O) groups is 1. The molecule has 0 bridgehead atoms. The van der Waals surface area contributed by atoms with Crippen molar-refractivity contribution in [3.05, 3.63) is 33.9 Å². The lowest BCUT2D eigenvalue weighted by atomic mass is 10.1. The Morgan fingerprint density at radius 2 is 2.19 bits per heavy atom. The first-order valence-corrected chi connectivity index (χ1v) is 7.35. The van der Waals surface area contributed by atoms with Crippen molar-refractivity contribution >= 4 is 17.3 Å². The predicted octanol–water partition coefficient (Wildman–Crippen LogP) is 2.95. The molecule has 1 aromatic carbocycles. The van der Waals surface area contributed by atoms with Crippen molar-refractivity contribution in [1.82, 2.24) is 5.32 Å². The summed E-state index contributed by atoms with van der Waals surface area (Å²) in [6.07, 6.45) is 2.96. The monoisotopic (exact) mass is 291 g/mol. The van der Waals surface area contributed by atoms with Crippen molar-refractivity contribution in [3.63, 3.8) is 0 Å². The van der Waals surface area contributed by atoms with Gasteiger partial charge in [-0.2, -0.15) is 0 Å². The van der Waals surface area contributed by atoms with E-state index < -0.39 is 4.92 Å². The Labute approximate surface area is 124 Å². The van der Waals surface area contributed by atoms with E-state index in [1.54, 1.807) is 12.1 Å². The van der Waals surface area contributed by atoms with Crippen LogP contribution in [0.4, 0.5) is 11.4 Å². The van der Waals surface area contributed by atoms with E-state index >= 15 is 0 Å². The SMILES string of the molecule is CCNc1cccc(C(=O)NC2CCC(C)C2)c1[N+](=O)[O-]. The van der Waals surface area contributed by atoms with Gasteiger partial charge in [-0.05, 0) is 44.2 Å². The first kappa shape index (κ1) is 15.3. The molecule has 2 atom stereocenters. The number of amides is 1. The summed E-state index contributed by atoms with van der Waals surface area (Å²) in [5, 5.41) is 17.1. The molecule has 0 heterocycles. The van der Waals surface area contributed by atoms with Crippen molar-refractivity contribution in [2.75, 3.05) is 11.9 Å². The standard InChI is InChI=1S/C15H21N3O3/c1-3-16-13-6-4-5-12(14(13)18(20)21)15(19)17-11-8-7-10(2)9-11/h4-6,10-11,16H,3,7-9H2,1-2H3,(H,17,19). The summed E-state index contributed by atoms with van der Waals surface area (Å²) < 4.78 is 0. The van der Waals surface area contributed by atoms with Crippen LogP contribution in [-0.2, 0) is 0 Å². The van der Waals surface area contributed by atoms with E-state index in [-0.39, 0.29) is 23.2 Å². The smallest absolute Gasteiger partial charge is 0.305 e. The zero-order valence-electron chi connectivity index (χ0n) is 12.4. The summed E-state index contributed by atoms with van der Waals surface area (Å²) >= 11 is 0. The van der Waals surface area contributed by atoms with Gasteiger partial charge in [0.1, 0.15) is 11.3 Å². The molecule has 1 saturated carbocycles. The second-order valence-corrected chi connectivity index (χ2v) is 5.58. The molecule has 6 heteroatoms. The third-order valence-corrected chi connectivity index (χ3v) is 3.86. The fourth-order valence-corrected chi connectivity index (χ4v) is 2.86. The Morgan fingerprint density at radius 3 is 2.76 bits per heavy atom. The fourth-order valence-electron chi connectivity index (χ4n) is 2.86. The Morgan fingerprint density at radius 1 is 1.43 bits per heavy atom. The van der Waals surface area contributed by atoms with Gasteiger partial charge in [0, 0.05) is 12.6 Å². The molecule has 2 rings (SSSR count). The number of para-hydroxylation sites is 1. The summed E-state index contributed by atoms with van der Waals surface area (Å²) in [5.74, 6) is 0.235. The van der Waals surface area contributed by atoms with Crippen LogP contribution in [0.15, 0.2) is 18.2 Å². The Bertz CT molecular complexity index is 545. The molecule has 6 nitrogen and oxygen atoms in total. The molecular weight excluding hydrogens is 270 g/mol. The fraction of sp³-hybridized carbons (Fsp3) is 0.533. The van der Waals surface area contributed by atoms with Crippen LogP contribution in [0.2, 0.25) is 0 Å². The number of rotatable bonds is 5. The van der Waals surface area contributed by atoms with Gasteiger partial charge >= 0.3 is 5.69 Å². The number of nitro benzene ring substituents is 1. The molecule has 21 heavy (non-hydrogen) atoms. The lowest BCUT2D eigenvalue weighted by Crippen LogP contribution is -2.33. The molecule has 1 aliphatic carbocycles. The molecule has 0 aromatic heterocycles. The van der Waals surface area contributed by atoms with Crippen LogP contribution in [0.1, 0.15) is 43.5 Å². The Hall–Kier alpha value is -2.11. The number of nitro groups is 1. The summed E-state index contributed by atoms with van der Waals surface area (Å²) in [5.41, 5.74) is 0.357. The van der Waals surface area contributed by atoms with Crippen LogP contribution >= 0.6 is 0 Å². The topological polar surface area (TPSA) is 84.3 Å². The molecule has 0 saturated heterocycles. The number of hydrogen-bond donors (Lipinski definition) is 2. The second-order valence-electron chi connectivity index (χ2n) is 5.58. The third-order valence-electron chi connectivity index (χ3n) is 3.86. The van der Waals surface area contributed by atoms with Gasteiger partial charge in [-0.25, -0.2) is 0 Å². The van der Waals surface area contributed by atoms with Gasteiger partial charge in [-0.15, -0.1) is 0 Å². The first-order chi connectivity index (χ1) is 10.0. The van der Waals surface area contributed by atoms with Gasteiger partial charge < -0.3 is 10.6 Å². The molecule has 1 fully saturated rings. The van der Waals surface area contributed by atoms with Gasteiger partial charge in [-0.1, -0.05) is 13.0 Å². The second kappa shape index (κ2) is 6.56. The van der Waals surface area contributed by atoms with E-state index in [1.165, 1.54) is 6.07 Å². The summed E-state index contributed by atoms with van der Waals surface area (Å²) in [6, 6.07) is 4.91. The zero-order valence-corrected chi connectivity index (χ0v) is 12.4. The van der Waals surface area contributed by atoms with E-state index in [2.05, 4.69) is 17.6 Å². The van der Waals surface area contributed by atoms with Crippen LogP contribution in [0.25, 0.3) is 0 Å². The maximum atomic E-state index is 12.3. The van der Waals surface area contributed by atoms with Crippen molar-refractivity contribution in [3.8, 4) is 0 Å². The Balaban J connectivity index is 2.23. The van der Waals surface area contributed by atoms with Crippen molar-refractivity contribution < 1.29 is 9.72 Å². The van der Waals surface area contributed by atoms with Gasteiger partial charge in [0.05, 0.1) is 4.92 Å². The lowest BCUT2D eigenvalue weighted by Gasteiger charge is -2.13. The van der Waals surface area contributed by atoms with Crippen molar-refractivity contribution in [2.24, 2.45) is 5.92 Å². The molecule has 0 spiro atoms. The van der Waals surface area contributed by atoms with E-state index in [0.29, 0.717) is 18.2 Å². The van der Waals surface area contributed by atoms with Crippen LogP contribution in [-0.4, -0.2) is 23.4 Å². The van der Waals surface area contributed by atoms with E-state index in [0.717, 1.165) is 19.3 Å². The van der Waals surface area contributed by atoms with Crippen molar-refractivity contribution in [2.45, 2.75) is 39.2 Å². The largest absolute Gasteiger partial charge is 0.380 e. The summed E-state index contributed by atoms with van der Waals surface area (Å²) in [7, 11) is 0. The minimum atomic E-state index is -0.496. The van der Waals surface area contributed by atoms with E-state index in [9.17, 15) is 14.9 Å². The number of carbonyl (C=O) groups excluding carboxylic acids is 1. The highest BCUT2D eigenvalue weighted by atomic mass is 16.6. The summed E-state index contributed by atoms with van der Waals surface area (Å²) in [6.45, 7) is 4.57. The molecule has 114 valence electrons. The maximum absolute atomic E-state index is 12.3. The third kappa shape index (κ3) is 3.51. The molecule has 1 amide bonds. The number of hydrogen-bond acceptors (Lipinski definition) is 4. The minimum absolute atomic E-state index is 0.120. The van der Waals surface area contributed by atoms with Gasteiger partial charge in [0.2, 0.25) is 0 Å². The van der Waals surface area contributed by atoms with Crippen molar-refractivity contribution in [1.29, 1.82) is 0 Å².